The lowest BCUT2D eigenvalue weighted by Crippen LogP contribution is -2.48. The van der Waals surface area contributed by atoms with Gasteiger partial charge in [0.25, 0.3) is 0 Å². The molecule has 13 heavy (non-hydrogen) atoms. The molecule has 0 bridgehead atoms. The monoisotopic (exact) mass is 196 g/mol. The second-order valence-corrected chi connectivity index (χ2v) is 4.54. The van der Waals surface area contributed by atoms with Gasteiger partial charge in [-0.3, -0.25) is 0 Å². The Balaban J connectivity index is 1.59. The molecule has 2 rings (SSSR count). The number of nitrogens with two attached hydrogens (primary N) is 1. The Bertz CT molecular complexity index is 239. The van der Waals surface area contributed by atoms with Crippen molar-refractivity contribution in [3.05, 3.63) is 22.4 Å². The summed E-state index contributed by atoms with van der Waals surface area (Å²) in [6.45, 7) is 1.09. The van der Waals surface area contributed by atoms with Crippen molar-refractivity contribution in [2.24, 2.45) is 5.73 Å². The van der Waals surface area contributed by atoms with Gasteiger partial charge in [-0.25, -0.2) is 0 Å². The number of nitrogens with one attached hydrogen (secondary N) is 1. The standard InChI is InChI=1S/C10H16N2S/c11-9-5-10(6-9)12-3-1-8-2-4-13-7-8/h2,4,7,9-10,12H,1,3,5-6,11H2. The molecular formula is C10H16N2S. The van der Waals surface area contributed by atoms with Crippen molar-refractivity contribution in [3.8, 4) is 0 Å². The van der Waals surface area contributed by atoms with E-state index in [1.54, 1.807) is 11.3 Å². The maximum absolute atomic E-state index is 5.70. The van der Waals surface area contributed by atoms with Gasteiger partial charge in [0.2, 0.25) is 0 Å². The van der Waals surface area contributed by atoms with Crippen LogP contribution in [0.1, 0.15) is 18.4 Å². The molecule has 0 amide bonds. The summed E-state index contributed by atoms with van der Waals surface area (Å²) in [5, 5.41) is 7.86. The molecule has 1 fully saturated rings. The first-order chi connectivity index (χ1) is 6.34. The van der Waals surface area contributed by atoms with Crippen LogP contribution in [0.5, 0.6) is 0 Å². The fourth-order valence-corrected chi connectivity index (χ4v) is 2.39. The van der Waals surface area contributed by atoms with Crippen molar-refractivity contribution < 1.29 is 0 Å². The third-order valence-electron chi connectivity index (χ3n) is 2.60. The minimum atomic E-state index is 0.457. The quantitative estimate of drug-likeness (QED) is 0.763. The van der Waals surface area contributed by atoms with Gasteiger partial charge >= 0.3 is 0 Å². The van der Waals surface area contributed by atoms with E-state index in [-0.39, 0.29) is 0 Å². The number of hydrogen-bond donors (Lipinski definition) is 2. The minimum Gasteiger partial charge on any atom is -0.328 e. The lowest BCUT2D eigenvalue weighted by molar-refractivity contribution is 0.294. The Morgan fingerprint density at radius 1 is 1.54 bits per heavy atom. The lowest BCUT2D eigenvalue weighted by Gasteiger charge is -2.33. The molecule has 0 atom stereocenters. The average molecular weight is 196 g/mol. The Kier molecular flexibility index (Phi) is 2.98. The third kappa shape index (κ3) is 2.53. The molecule has 1 aliphatic carbocycles. The molecule has 3 N–H and O–H groups in total. The van der Waals surface area contributed by atoms with Gasteiger partial charge in [0.05, 0.1) is 0 Å². The zero-order valence-electron chi connectivity index (χ0n) is 7.70. The van der Waals surface area contributed by atoms with Gasteiger partial charge in [0.15, 0.2) is 0 Å². The van der Waals surface area contributed by atoms with E-state index < -0.39 is 0 Å². The van der Waals surface area contributed by atoms with Crippen LogP contribution in [0.4, 0.5) is 0 Å². The van der Waals surface area contributed by atoms with E-state index in [0.29, 0.717) is 12.1 Å². The SMILES string of the molecule is NC1CC(NCCc2ccsc2)C1. The third-order valence-corrected chi connectivity index (χ3v) is 3.33. The summed E-state index contributed by atoms with van der Waals surface area (Å²) in [5.74, 6) is 0. The summed E-state index contributed by atoms with van der Waals surface area (Å²) in [5.41, 5.74) is 7.14. The first-order valence-corrected chi connectivity index (χ1v) is 5.79. The minimum absolute atomic E-state index is 0.457. The van der Waals surface area contributed by atoms with Crippen LogP contribution in [-0.4, -0.2) is 18.6 Å². The van der Waals surface area contributed by atoms with Gasteiger partial charge in [-0.15, -0.1) is 0 Å². The van der Waals surface area contributed by atoms with Crippen LogP contribution in [0.25, 0.3) is 0 Å². The fraction of sp³-hybridized carbons (Fsp3) is 0.600. The number of rotatable bonds is 4. The second-order valence-electron chi connectivity index (χ2n) is 3.76. The zero-order valence-corrected chi connectivity index (χ0v) is 8.52. The van der Waals surface area contributed by atoms with E-state index in [0.717, 1.165) is 25.8 Å². The highest BCUT2D eigenvalue weighted by atomic mass is 32.1. The van der Waals surface area contributed by atoms with Gasteiger partial charge in [-0.1, -0.05) is 0 Å². The van der Waals surface area contributed by atoms with Crippen molar-refractivity contribution in [2.45, 2.75) is 31.3 Å². The second kappa shape index (κ2) is 4.22. The molecule has 72 valence electrons. The molecule has 1 aromatic rings. The van der Waals surface area contributed by atoms with Gasteiger partial charge < -0.3 is 11.1 Å². The molecule has 3 heteroatoms. The van der Waals surface area contributed by atoms with E-state index in [9.17, 15) is 0 Å². The Labute approximate surface area is 83.1 Å². The van der Waals surface area contributed by atoms with Crippen LogP contribution < -0.4 is 11.1 Å². The van der Waals surface area contributed by atoms with E-state index in [1.165, 1.54) is 5.56 Å². The summed E-state index contributed by atoms with van der Waals surface area (Å²) in [4.78, 5) is 0. The van der Waals surface area contributed by atoms with Gasteiger partial charge in [0.1, 0.15) is 0 Å². The molecule has 1 heterocycles. The van der Waals surface area contributed by atoms with Crippen LogP contribution in [-0.2, 0) is 6.42 Å². The highest BCUT2D eigenvalue weighted by molar-refractivity contribution is 7.07. The summed E-state index contributed by atoms with van der Waals surface area (Å²) < 4.78 is 0. The Morgan fingerprint density at radius 3 is 3.00 bits per heavy atom. The van der Waals surface area contributed by atoms with Crippen molar-refractivity contribution in [1.82, 2.24) is 5.32 Å². The summed E-state index contributed by atoms with van der Waals surface area (Å²) in [6, 6.07) is 3.34. The highest BCUT2D eigenvalue weighted by Gasteiger charge is 2.24. The first-order valence-electron chi connectivity index (χ1n) is 4.84. The van der Waals surface area contributed by atoms with Crippen LogP contribution in [0, 0.1) is 0 Å². The molecule has 0 aliphatic heterocycles. The first kappa shape index (κ1) is 9.19. The Hall–Kier alpha value is -0.380. The molecule has 1 aliphatic rings. The number of thiophene rings is 1. The van der Waals surface area contributed by atoms with E-state index >= 15 is 0 Å². The molecular weight excluding hydrogens is 180 g/mol. The average Bonchev–Trinajstić information content (AvgIpc) is 2.53. The lowest BCUT2D eigenvalue weighted by atomic mass is 9.87. The molecule has 0 spiro atoms. The van der Waals surface area contributed by atoms with Crippen molar-refractivity contribution in [2.75, 3.05) is 6.54 Å². The molecule has 1 saturated carbocycles. The molecule has 0 radical (unpaired) electrons. The van der Waals surface area contributed by atoms with Crippen molar-refractivity contribution in [1.29, 1.82) is 0 Å². The van der Waals surface area contributed by atoms with E-state index in [2.05, 4.69) is 22.1 Å². The van der Waals surface area contributed by atoms with Crippen molar-refractivity contribution >= 4 is 11.3 Å². The molecule has 0 saturated heterocycles. The van der Waals surface area contributed by atoms with E-state index in [1.807, 2.05) is 0 Å². The predicted molar refractivity (Wildman–Crippen MR) is 57.0 cm³/mol. The van der Waals surface area contributed by atoms with Crippen LogP contribution in [0.2, 0.25) is 0 Å². The van der Waals surface area contributed by atoms with Gasteiger partial charge in [-0.05, 0) is 48.2 Å². The van der Waals surface area contributed by atoms with Crippen LogP contribution in [0.15, 0.2) is 16.8 Å². The van der Waals surface area contributed by atoms with Crippen LogP contribution in [0.3, 0.4) is 0 Å². The van der Waals surface area contributed by atoms with Crippen molar-refractivity contribution in [3.63, 3.8) is 0 Å². The molecule has 0 aromatic carbocycles. The fourth-order valence-electron chi connectivity index (χ4n) is 1.68. The predicted octanol–water partition coefficient (Wildman–Crippen LogP) is 1.37. The largest absolute Gasteiger partial charge is 0.328 e. The molecule has 2 nitrogen and oxygen atoms in total. The van der Waals surface area contributed by atoms with Gasteiger partial charge in [-0.2, -0.15) is 11.3 Å². The highest BCUT2D eigenvalue weighted by Crippen LogP contribution is 2.17. The summed E-state index contributed by atoms with van der Waals surface area (Å²) >= 11 is 1.77. The normalized spacial score (nSPS) is 27.2. The maximum atomic E-state index is 5.70. The number of hydrogen-bond acceptors (Lipinski definition) is 3. The maximum Gasteiger partial charge on any atom is 0.00966 e. The van der Waals surface area contributed by atoms with Crippen LogP contribution >= 0.6 is 11.3 Å². The smallest absolute Gasteiger partial charge is 0.00966 e. The summed E-state index contributed by atoms with van der Waals surface area (Å²) in [6.07, 6.45) is 3.46. The van der Waals surface area contributed by atoms with Gasteiger partial charge in [0, 0.05) is 12.1 Å². The summed E-state index contributed by atoms with van der Waals surface area (Å²) in [7, 11) is 0. The Morgan fingerprint density at radius 2 is 2.38 bits per heavy atom. The van der Waals surface area contributed by atoms with E-state index in [4.69, 9.17) is 5.73 Å². The zero-order chi connectivity index (χ0) is 9.10. The topological polar surface area (TPSA) is 38.0 Å². The molecule has 1 aromatic heterocycles. The molecule has 0 unspecified atom stereocenters.